The lowest BCUT2D eigenvalue weighted by molar-refractivity contribution is 0.0454. The van der Waals surface area contributed by atoms with Crippen LogP contribution in [0.2, 0.25) is 0 Å². The fraction of sp³-hybridized carbons (Fsp3) is 0.435. The number of hydrogen-bond acceptors (Lipinski definition) is 7. The van der Waals surface area contributed by atoms with Crippen LogP contribution < -0.4 is 15.6 Å². The van der Waals surface area contributed by atoms with Crippen molar-refractivity contribution in [1.29, 1.82) is 0 Å². The fourth-order valence-electron chi connectivity index (χ4n) is 4.51. The van der Waals surface area contributed by atoms with Gasteiger partial charge in [-0.05, 0) is 42.3 Å². The second-order valence-electron chi connectivity index (χ2n) is 8.27. The Kier molecular flexibility index (Phi) is 5.95. The quantitative estimate of drug-likeness (QED) is 0.541. The molecule has 0 spiro atoms. The highest BCUT2D eigenvalue weighted by atomic mass is 32.1. The fourth-order valence-corrected chi connectivity index (χ4v) is 5.43. The van der Waals surface area contributed by atoms with Gasteiger partial charge in [-0.15, -0.1) is 11.3 Å². The van der Waals surface area contributed by atoms with Crippen molar-refractivity contribution in [3.8, 4) is 5.75 Å². The van der Waals surface area contributed by atoms with Crippen LogP contribution in [-0.2, 0) is 22.6 Å². The van der Waals surface area contributed by atoms with Crippen molar-refractivity contribution in [3.05, 3.63) is 57.0 Å². The van der Waals surface area contributed by atoms with Gasteiger partial charge in [-0.2, -0.15) is 0 Å². The molecule has 2 bridgehead atoms. The van der Waals surface area contributed by atoms with E-state index in [4.69, 9.17) is 14.2 Å². The van der Waals surface area contributed by atoms with Gasteiger partial charge in [-0.25, -0.2) is 4.98 Å². The number of rotatable bonds is 8. The molecule has 0 radical (unpaired) electrons. The first-order valence-electron chi connectivity index (χ1n) is 10.8. The number of nitrogens with one attached hydrogen (secondary N) is 2. The molecule has 2 aliphatic heterocycles. The summed E-state index contributed by atoms with van der Waals surface area (Å²) in [6.45, 7) is 1.28. The Morgan fingerprint density at radius 1 is 1.38 bits per heavy atom. The van der Waals surface area contributed by atoms with E-state index in [1.54, 1.807) is 7.11 Å². The first kappa shape index (κ1) is 21.1. The monoisotopic (exact) mass is 455 g/mol. The van der Waals surface area contributed by atoms with Crippen molar-refractivity contribution in [2.24, 2.45) is 5.92 Å². The van der Waals surface area contributed by atoms with Gasteiger partial charge in [0.2, 0.25) is 5.82 Å². The highest BCUT2D eigenvalue weighted by Crippen LogP contribution is 2.39. The Hall–Kier alpha value is -2.75. The summed E-state index contributed by atoms with van der Waals surface area (Å²) in [4.78, 5) is 32.8. The summed E-state index contributed by atoms with van der Waals surface area (Å²) in [5.41, 5.74) is 1.35. The molecule has 0 aliphatic carbocycles. The average molecular weight is 456 g/mol. The number of nitrogens with zero attached hydrogens (tertiary/aromatic N) is 1. The van der Waals surface area contributed by atoms with Gasteiger partial charge in [0.15, 0.2) is 0 Å². The van der Waals surface area contributed by atoms with Crippen molar-refractivity contribution in [2.75, 3.05) is 13.7 Å². The minimum atomic E-state index is -0.436. The molecule has 4 heterocycles. The molecule has 3 unspecified atom stereocenters. The third-order valence-corrected chi connectivity index (χ3v) is 7.06. The zero-order valence-electron chi connectivity index (χ0n) is 17.8. The molecule has 5 rings (SSSR count). The van der Waals surface area contributed by atoms with E-state index in [0.717, 1.165) is 30.4 Å². The van der Waals surface area contributed by atoms with Crippen molar-refractivity contribution in [2.45, 2.75) is 44.6 Å². The van der Waals surface area contributed by atoms with E-state index in [2.05, 4.69) is 15.3 Å². The van der Waals surface area contributed by atoms with Gasteiger partial charge >= 0.3 is 0 Å². The smallest absolute Gasteiger partial charge is 0.287 e. The Morgan fingerprint density at radius 2 is 2.28 bits per heavy atom. The van der Waals surface area contributed by atoms with E-state index in [-0.39, 0.29) is 11.4 Å². The molecule has 1 amide bonds. The van der Waals surface area contributed by atoms with Crippen LogP contribution in [0.15, 0.2) is 34.4 Å². The van der Waals surface area contributed by atoms with Crippen molar-refractivity contribution >= 4 is 27.5 Å². The van der Waals surface area contributed by atoms with Gasteiger partial charge in [-0.3, -0.25) is 9.59 Å². The van der Waals surface area contributed by atoms with E-state index in [1.165, 1.54) is 11.3 Å². The molecule has 2 N–H and O–H groups in total. The lowest BCUT2D eigenvalue weighted by Crippen LogP contribution is -2.27. The molecular formula is C23H25N3O5S. The maximum atomic E-state index is 12.7. The Morgan fingerprint density at radius 3 is 3.06 bits per heavy atom. The largest absolute Gasteiger partial charge is 0.497 e. The molecule has 2 saturated heterocycles. The lowest BCUT2D eigenvalue weighted by atomic mass is 9.90. The normalized spacial score (nSPS) is 21.8. The number of ether oxygens (including phenoxy) is 3. The van der Waals surface area contributed by atoms with Crippen LogP contribution in [-0.4, -0.2) is 41.8 Å². The molecule has 1 aromatic carbocycles. The first-order valence-corrected chi connectivity index (χ1v) is 11.6. The number of H-pyrrole nitrogens is 1. The van der Waals surface area contributed by atoms with E-state index in [1.807, 2.05) is 29.6 Å². The number of benzene rings is 1. The Labute approximate surface area is 188 Å². The van der Waals surface area contributed by atoms with Crippen LogP contribution in [0.1, 0.15) is 41.0 Å². The summed E-state index contributed by atoms with van der Waals surface area (Å²) in [6, 6.07) is 7.42. The molecule has 9 heteroatoms. The predicted octanol–water partition coefficient (Wildman–Crippen LogP) is 3.01. The molecule has 3 atom stereocenters. The molecular weight excluding hydrogens is 430 g/mol. The standard InChI is InChI=1S/C23H25N3O5S/c1-29-16-4-2-3-13(7-16)9-24-22(28)20-25-21(27)19-15(12-32-23(19)26-20)11-30-10-14-8-17-5-6-18(14)31-17/h2-4,7,12,14,17-18H,5-6,8-11H2,1H3,(H,24,28)(H,25,26,27). The SMILES string of the molecule is COc1cccc(CNC(=O)c2nc3scc(COCC4CC5CCC4O5)c3c(=O)[nH]2)c1. The van der Waals surface area contributed by atoms with E-state index >= 15 is 0 Å². The Balaban J connectivity index is 1.22. The van der Waals surface area contributed by atoms with E-state index in [0.29, 0.717) is 53.9 Å². The predicted molar refractivity (Wildman–Crippen MR) is 120 cm³/mol. The number of hydrogen-bond donors (Lipinski definition) is 2. The topological polar surface area (TPSA) is 103 Å². The van der Waals surface area contributed by atoms with Gasteiger partial charge in [0.05, 0.1) is 37.9 Å². The molecule has 32 heavy (non-hydrogen) atoms. The molecule has 2 aliphatic rings. The summed E-state index contributed by atoms with van der Waals surface area (Å²) in [5, 5.41) is 5.15. The maximum Gasteiger partial charge on any atom is 0.287 e. The molecule has 0 saturated carbocycles. The third kappa shape index (κ3) is 4.28. The molecule has 8 nitrogen and oxygen atoms in total. The van der Waals surface area contributed by atoms with Gasteiger partial charge < -0.3 is 24.5 Å². The van der Waals surface area contributed by atoms with Crippen LogP contribution in [0.25, 0.3) is 10.2 Å². The number of carbonyl (C=O) groups is 1. The zero-order chi connectivity index (χ0) is 22.1. The zero-order valence-corrected chi connectivity index (χ0v) is 18.6. The number of fused-ring (bicyclic) bond motifs is 3. The second kappa shape index (κ2) is 9.01. The van der Waals surface area contributed by atoms with Crippen LogP contribution in [0.5, 0.6) is 5.75 Å². The molecule has 3 aromatic rings. The first-order chi connectivity index (χ1) is 15.6. The van der Waals surface area contributed by atoms with E-state index < -0.39 is 5.91 Å². The van der Waals surface area contributed by atoms with Crippen molar-refractivity contribution in [3.63, 3.8) is 0 Å². The summed E-state index contributed by atoms with van der Waals surface area (Å²) >= 11 is 1.34. The van der Waals surface area contributed by atoms with E-state index in [9.17, 15) is 9.59 Å². The molecule has 168 valence electrons. The number of thiophene rings is 1. The lowest BCUT2D eigenvalue weighted by Gasteiger charge is -2.18. The van der Waals surface area contributed by atoms with Crippen LogP contribution in [0.4, 0.5) is 0 Å². The van der Waals surface area contributed by atoms with Crippen molar-refractivity contribution in [1.82, 2.24) is 15.3 Å². The summed E-state index contributed by atoms with van der Waals surface area (Å²) < 4.78 is 17.0. The second-order valence-corrected chi connectivity index (χ2v) is 9.13. The number of aromatic amines is 1. The van der Waals surface area contributed by atoms with Crippen LogP contribution in [0.3, 0.4) is 0 Å². The molecule has 2 fully saturated rings. The van der Waals surface area contributed by atoms with Crippen LogP contribution in [0, 0.1) is 5.92 Å². The third-order valence-electron chi connectivity index (χ3n) is 6.14. The minimum absolute atomic E-state index is 0.00107. The van der Waals surface area contributed by atoms with Gasteiger partial charge in [0.25, 0.3) is 11.5 Å². The minimum Gasteiger partial charge on any atom is -0.497 e. The summed E-state index contributed by atoms with van der Waals surface area (Å²) in [5.74, 6) is 0.717. The van der Waals surface area contributed by atoms with Crippen molar-refractivity contribution < 1.29 is 19.0 Å². The van der Waals surface area contributed by atoms with Gasteiger partial charge in [-0.1, -0.05) is 12.1 Å². The average Bonchev–Trinajstić information content (AvgIpc) is 3.54. The Bertz CT molecular complexity index is 1190. The van der Waals surface area contributed by atoms with Gasteiger partial charge in [0, 0.05) is 18.0 Å². The number of aromatic nitrogens is 2. The summed E-state index contributed by atoms with van der Waals surface area (Å²) in [6.07, 6.45) is 4.06. The molecule has 2 aromatic heterocycles. The van der Waals surface area contributed by atoms with Crippen LogP contribution >= 0.6 is 11.3 Å². The number of carbonyl (C=O) groups excluding carboxylic acids is 1. The maximum absolute atomic E-state index is 12.7. The highest BCUT2D eigenvalue weighted by molar-refractivity contribution is 7.16. The number of amides is 1. The summed E-state index contributed by atoms with van der Waals surface area (Å²) in [7, 11) is 1.59. The number of methoxy groups -OCH3 is 1. The van der Waals surface area contributed by atoms with Gasteiger partial charge in [0.1, 0.15) is 10.6 Å². The highest BCUT2D eigenvalue weighted by Gasteiger charge is 2.40.